The molecule has 1 aliphatic rings. The maximum atomic E-state index is 16.5. The zero-order valence-electron chi connectivity index (χ0n) is 51.6. The molecule has 0 amide bonds. The summed E-state index contributed by atoms with van der Waals surface area (Å²) in [7, 11) is 0. The van der Waals surface area contributed by atoms with Gasteiger partial charge in [-0.25, -0.2) is 9.59 Å². The highest BCUT2D eigenvalue weighted by atomic mass is 32.1. The highest BCUT2D eigenvalue weighted by molar-refractivity contribution is 7.16. The van der Waals surface area contributed by atoms with E-state index >= 15 is 26.3 Å². The zero-order valence-corrected chi connectivity index (χ0v) is 53.3. The fourth-order valence-electron chi connectivity index (χ4n) is 11.6. The topological polar surface area (TPSA) is 71.1 Å². The van der Waals surface area contributed by atoms with Gasteiger partial charge in [0.2, 0.25) is 0 Å². The summed E-state index contributed by atoms with van der Waals surface area (Å²) < 4.78 is 121. The molecular weight excluding hydrogens is 1170 g/mol. The zero-order chi connectivity index (χ0) is 63.3. The maximum Gasteiger partial charge on any atom is 0.380 e. The molecule has 14 heteroatoms. The summed E-state index contributed by atoms with van der Waals surface area (Å²) in [6.45, 7) is 11.6. The number of benzene rings is 6. The molecule has 0 radical (unpaired) electrons. The lowest BCUT2D eigenvalue weighted by Crippen LogP contribution is -2.49. The maximum absolute atomic E-state index is 16.5. The number of halogens is 6. The van der Waals surface area contributed by atoms with Crippen molar-refractivity contribution < 1.29 is 54.9 Å². The molecule has 0 unspecified atom stereocenters. The smallest absolute Gasteiger partial charge is 0.380 e. The molecule has 89 heavy (non-hydrogen) atoms. The van der Waals surface area contributed by atoms with Crippen molar-refractivity contribution in [3.8, 4) is 66.1 Å². The van der Waals surface area contributed by atoms with Crippen LogP contribution in [-0.2, 0) is 0 Å². The van der Waals surface area contributed by atoms with Crippen LogP contribution in [0.3, 0.4) is 0 Å². The number of thiophene rings is 2. The van der Waals surface area contributed by atoms with Crippen molar-refractivity contribution in [3.63, 3.8) is 0 Å². The number of carbonyl (C=O) groups excluding carboxylic acids is 2. The van der Waals surface area contributed by atoms with Crippen LogP contribution in [0.5, 0.6) is 23.0 Å². The average molecular weight is 1250 g/mol. The van der Waals surface area contributed by atoms with Crippen LogP contribution in [0.25, 0.3) is 54.3 Å². The first-order valence-corrected chi connectivity index (χ1v) is 32.9. The van der Waals surface area contributed by atoms with Gasteiger partial charge in [0.05, 0.1) is 24.3 Å². The van der Waals surface area contributed by atoms with E-state index < -0.39 is 40.9 Å². The number of carbonyl (C=O) groups is 2. The van der Waals surface area contributed by atoms with Crippen LogP contribution in [0.2, 0.25) is 0 Å². The van der Waals surface area contributed by atoms with Gasteiger partial charge in [-0.05, 0) is 182 Å². The molecule has 0 N–H and O–H groups in total. The Hall–Kier alpha value is -7.42. The quantitative estimate of drug-likeness (QED) is 0.0193. The molecule has 0 saturated carbocycles. The molecule has 8 aromatic rings. The molecule has 0 saturated heterocycles. The lowest BCUT2D eigenvalue weighted by Gasteiger charge is -2.26. The SMILES string of the molecule is CCCCCCCCCCOc1ccc(-c2ccc(C(=O)Oc3ccc(-c4sc(C)c(C5=C(c6c(C)sc(-c7ccc(OC(=O)c8ccc(-c9ccc(OCCCCCCCCCC)cc9)cc8)cc7)c6C)C(F)(F)C(F)(F)C5(F)F)c4C)cc3)cc2)cc1. The van der Waals surface area contributed by atoms with Crippen molar-refractivity contribution >= 4 is 45.8 Å². The number of alkyl halides is 6. The average Bonchev–Trinajstić information content (AvgIpc) is 1.52. The number of allylic oxidation sites excluding steroid dienone is 2. The van der Waals surface area contributed by atoms with E-state index in [2.05, 4.69) is 13.8 Å². The summed E-state index contributed by atoms with van der Waals surface area (Å²) in [6, 6.07) is 42.1. The van der Waals surface area contributed by atoms with Crippen LogP contribution in [0.4, 0.5) is 26.3 Å². The third-order valence-corrected chi connectivity index (χ3v) is 19.1. The molecule has 6 nitrogen and oxygen atoms in total. The molecule has 2 aromatic heterocycles. The highest BCUT2D eigenvalue weighted by Crippen LogP contribution is 2.67. The van der Waals surface area contributed by atoms with Crippen LogP contribution in [0.1, 0.15) is 169 Å². The Morgan fingerprint density at radius 2 is 0.629 bits per heavy atom. The van der Waals surface area contributed by atoms with Gasteiger partial charge in [-0.2, -0.15) is 26.3 Å². The van der Waals surface area contributed by atoms with Gasteiger partial charge >= 0.3 is 29.7 Å². The Kier molecular flexibility index (Phi) is 22.2. The summed E-state index contributed by atoms with van der Waals surface area (Å²) in [5.41, 5.74) is 1.88. The third kappa shape index (κ3) is 15.3. The Morgan fingerprint density at radius 3 is 0.944 bits per heavy atom. The normalized spacial score (nSPS) is 14.1. The first-order chi connectivity index (χ1) is 42.8. The van der Waals surface area contributed by atoms with Crippen molar-refractivity contribution in [3.05, 3.63) is 189 Å². The van der Waals surface area contributed by atoms with Gasteiger partial charge in [-0.1, -0.05) is 152 Å². The van der Waals surface area contributed by atoms with E-state index in [0.717, 1.165) is 82.1 Å². The van der Waals surface area contributed by atoms with E-state index in [1.165, 1.54) is 129 Å². The molecule has 0 fully saturated rings. The number of aryl methyl sites for hydroxylation is 2. The van der Waals surface area contributed by atoms with E-state index in [0.29, 0.717) is 45.2 Å². The summed E-state index contributed by atoms with van der Waals surface area (Å²) in [5, 5.41) is 0. The van der Waals surface area contributed by atoms with E-state index in [-0.39, 0.29) is 43.5 Å². The molecule has 0 bridgehead atoms. The minimum atomic E-state index is -5.77. The van der Waals surface area contributed by atoms with Crippen molar-refractivity contribution in [1.82, 2.24) is 0 Å². The fourth-order valence-corrected chi connectivity index (χ4v) is 13.9. The Morgan fingerprint density at radius 1 is 0.360 bits per heavy atom. The lowest BCUT2D eigenvalue weighted by atomic mass is 9.90. The standard InChI is InChI=1S/C75H78F6O6S2/c1-7-9-11-13-15-17-19-21-47-84-61-39-31-55(32-40-61)53-23-27-59(28-24-53)71(82)86-63-43-35-57(36-44-63)69-49(3)65(51(5)88-69)67-68(74(78,79)75(80,81)73(67,76)77)66-50(4)70(89-52(66)6)58-37-45-64(46-38-58)87-72(83)60-29-25-54(26-30-60)56-33-41-62(42-34-56)85-48-22-20-18-16-14-12-10-8-2/h23-46H,7-22,47-48H2,1-6H3. The van der Waals surface area contributed by atoms with Gasteiger partial charge in [0.1, 0.15) is 23.0 Å². The predicted octanol–water partition coefficient (Wildman–Crippen LogP) is 23.0. The van der Waals surface area contributed by atoms with Crippen LogP contribution >= 0.6 is 22.7 Å². The van der Waals surface area contributed by atoms with Gasteiger partial charge in [-0.15, -0.1) is 22.7 Å². The van der Waals surface area contributed by atoms with Gasteiger partial charge in [0.25, 0.3) is 0 Å². The molecule has 2 heterocycles. The van der Waals surface area contributed by atoms with Crippen molar-refractivity contribution in [2.24, 2.45) is 0 Å². The van der Waals surface area contributed by atoms with Crippen molar-refractivity contribution in [1.29, 1.82) is 0 Å². The Balaban J connectivity index is 0.838. The van der Waals surface area contributed by atoms with Gasteiger partial charge in [-0.3, -0.25) is 0 Å². The van der Waals surface area contributed by atoms with E-state index in [9.17, 15) is 9.59 Å². The molecule has 6 aromatic carbocycles. The van der Waals surface area contributed by atoms with Crippen LogP contribution in [0, 0.1) is 27.7 Å². The van der Waals surface area contributed by atoms with E-state index in [1.54, 1.807) is 48.5 Å². The largest absolute Gasteiger partial charge is 0.494 e. The van der Waals surface area contributed by atoms with Gasteiger partial charge in [0, 0.05) is 41.8 Å². The second kappa shape index (κ2) is 29.9. The number of ether oxygens (including phenoxy) is 4. The molecule has 9 rings (SSSR count). The summed E-state index contributed by atoms with van der Waals surface area (Å²) >= 11 is 2.03. The first kappa shape index (κ1) is 66.0. The van der Waals surface area contributed by atoms with Crippen LogP contribution < -0.4 is 18.9 Å². The minimum absolute atomic E-state index is 0.116. The number of hydrogen-bond acceptors (Lipinski definition) is 8. The lowest BCUT2D eigenvalue weighted by molar-refractivity contribution is -0.254. The fraction of sp³-hybridized carbons (Fsp3) is 0.360. The van der Waals surface area contributed by atoms with Crippen molar-refractivity contribution in [2.45, 2.75) is 162 Å². The second-order valence-corrected chi connectivity index (χ2v) is 25.6. The summed E-state index contributed by atoms with van der Waals surface area (Å²) in [4.78, 5) is 27.7. The number of unbranched alkanes of at least 4 members (excludes halogenated alkanes) is 14. The number of hydrogen-bond donors (Lipinski definition) is 0. The van der Waals surface area contributed by atoms with E-state index in [1.807, 2.05) is 72.8 Å². The molecule has 0 aliphatic heterocycles. The van der Waals surface area contributed by atoms with E-state index in [4.69, 9.17) is 18.9 Å². The van der Waals surface area contributed by atoms with Crippen molar-refractivity contribution in [2.75, 3.05) is 13.2 Å². The molecule has 0 spiro atoms. The van der Waals surface area contributed by atoms with Gasteiger partial charge in [0.15, 0.2) is 0 Å². The summed E-state index contributed by atoms with van der Waals surface area (Å²) in [5.74, 6) is -15.6. The molecule has 1 aliphatic carbocycles. The second-order valence-electron chi connectivity index (χ2n) is 23.1. The predicted molar refractivity (Wildman–Crippen MR) is 350 cm³/mol. The third-order valence-electron chi connectivity index (χ3n) is 16.6. The van der Waals surface area contributed by atoms with Crippen LogP contribution in [-0.4, -0.2) is 42.9 Å². The van der Waals surface area contributed by atoms with Crippen LogP contribution in [0.15, 0.2) is 146 Å². The Bertz CT molecular complexity index is 3440. The minimum Gasteiger partial charge on any atom is -0.494 e. The van der Waals surface area contributed by atoms with Gasteiger partial charge < -0.3 is 18.9 Å². The molecule has 468 valence electrons. The highest BCUT2D eigenvalue weighted by Gasteiger charge is 2.80. The number of rotatable bonds is 30. The summed E-state index contributed by atoms with van der Waals surface area (Å²) in [6.07, 6.45) is 19.7. The molecular formula is C75H78F6O6S2. The molecule has 0 atom stereocenters. The first-order valence-electron chi connectivity index (χ1n) is 31.3. The monoisotopic (exact) mass is 1250 g/mol. The number of esters is 2. The Labute approximate surface area is 527 Å².